The lowest BCUT2D eigenvalue weighted by molar-refractivity contribution is -0.144. The van der Waals surface area contributed by atoms with Gasteiger partial charge < -0.3 is 15.2 Å². The van der Waals surface area contributed by atoms with Gasteiger partial charge in [-0.2, -0.15) is 0 Å². The molecule has 0 saturated heterocycles. The average molecular weight is 248 g/mol. The maximum absolute atomic E-state index is 11.0. The van der Waals surface area contributed by atoms with Gasteiger partial charge >= 0.3 is 11.9 Å². The zero-order chi connectivity index (χ0) is 12.9. The van der Waals surface area contributed by atoms with E-state index in [9.17, 15) is 9.59 Å². The van der Waals surface area contributed by atoms with E-state index in [-0.39, 0.29) is 0 Å². The molecule has 2 atom stereocenters. The molecule has 2 heterocycles. The SMILES string of the molecule is O=C(O)[C@@H]1C(c2ncnc3nc[nH]c23)[C@H]1C(=O)O. The van der Waals surface area contributed by atoms with Crippen molar-refractivity contribution in [2.45, 2.75) is 5.92 Å². The molecule has 1 aliphatic rings. The normalized spacial score (nSPS) is 26.1. The Labute approximate surface area is 99.7 Å². The molecule has 0 bridgehead atoms. The summed E-state index contributed by atoms with van der Waals surface area (Å²) in [4.78, 5) is 36.6. The van der Waals surface area contributed by atoms with E-state index in [0.29, 0.717) is 16.9 Å². The molecule has 0 aromatic carbocycles. The highest BCUT2D eigenvalue weighted by molar-refractivity contribution is 5.90. The molecular weight excluding hydrogens is 240 g/mol. The van der Waals surface area contributed by atoms with Crippen LogP contribution in [0.25, 0.3) is 11.2 Å². The van der Waals surface area contributed by atoms with Crippen LogP contribution in [0, 0.1) is 11.8 Å². The summed E-state index contributed by atoms with van der Waals surface area (Å²) < 4.78 is 0. The number of fused-ring (bicyclic) bond motifs is 1. The largest absolute Gasteiger partial charge is 0.481 e. The summed E-state index contributed by atoms with van der Waals surface area (Å²) in [7, 11) is 0. The van der Waals surface area contributed by atoms with Gasteiger partial charge in [0.05, 0.1) is 23.9 Å². The molecule has 0 spiro atoms. The molecule has 2 aromatic heterocycles. The van der Waals surface area contributed by atoms with Crippen LogP contribution in [-0.4, -0.2) is 42.1 Å². The van der Waals surface area contributed by atoms with Crippen LogP contribution in [0.1, 0.15) is 11.6 Å². The molecule has 1 fully saturated rings. The highest BCUT2D eigenvalue weighted by Gasteiger charge is 2.61. The smallest absolute Gasteiger partial charge is 0.308 e. The molecule has 3 N–H and O–H groups in total. The number of H-pyrrole nitrogens is 1. The van der Waals surface area contributed by atoms with Gasteiger partial charge in [0.15, 0.2) is 5.65 Å². The zero-order valence-corrected chi connectivity index (χ0v) is 8.94. The Balaban J connectivity index is 2.08. The fourth-order valence-corrected chi connectivity index (χ4v) is 2.30. The highest BCUT2D eigenvalue weighted by Crippen LogP contribution is 2.54. The Morgan fingerprint density at radius 1 is 1.11 bits per heavy atom. The van der Waals surface area contributed by atoms with Gasteiger partial charge in [-0.15, -0.1) is 0 Å². The fraction of sp³-hybridized carbons (Fsp3) is 0.300. The van der Waals surface area contributed by atoms with E-state index in [4.69, 9.17) is 10.2 Å². The van der Waals surface area contributed by atoms with Crippen LogP contribution in [0.5, 0.6) is 0 Å². The number of carbonyl (C=O) groups is 2. The Morgan fingerprint density at radius 3 is 2.39 bits per heavy atom. The molecule has 8 nitrogen and oxygen atoms in total. The molecule has 1 saturated carbocycles. The van der Waals surface area contributed by atoms with Crippen molar-refractivity contribution >= 4 is 23.1 Å². The van der Waals surface area contributed by atoms with Crippen molar-refractivity contribution in [1.82, 2.24) is 19.9 Å². The summed E-state index contributed by atoms with van der Waals surface area (Å²) in [5.41, 5.74) is 1.30. The molecule has 18 heavy (non-hydrogen) atoms. The molecule has 3 rings (SSSR count). The number of hydrogen-bond acceptors (Lipinski definition) is 5. The first-order valence-electron chi connectivity index (χ1n) is 5.21. The van der Waals surface area contributed by atoms with Gasteiger partial charge in [-0.3, -0.25) is 9.59 Å². The quantitative estimate of drug-likeness (QED) is 0.688. The Bertz CT molecular complexity index is 632. The number of carboxylic acid groups (broad SMARTS) is 2. The first-order valence-corrected chi connectivity index (χ1v) is 5.21. The monoisotopic (exact) mass is 248 g/mol. The molecule has 1 aliphatic carbocycles. The first kappa shape index (κ1) is 10.6. The molecule has 92 valence electrons. The lowest BCUT2D eigenvalue weighted by Gasteiger charge is -1.98. The summed E-state index contributed by atoms with van der Waals surface area (Å²) >= 11 is 0. The molecular formula is C10H8N4O4. The van der Waals surface area contributed by atoms with Crippen LogP contribution in [0.3, 0.4) is 0 Å². The molecule has 2 aromatic rings. The third-order valence-electron chi connectivity index (χ3n) is 3.16. The number of carboxylic acids is 2. The summed E-state index contributed by atoms with van der Waals surface area (Å²) in [5, 5.41) is 18.0. The number of imidazole rings is 1. The number of nitrogens with one attached hydrogen (secondary N) is 1. The van der Waals surface area contributed by atoms with Crippen molar-refractivity contribution < 1.29 is 19.8 Å². The summed E-state index contributed by atoms with van der Waals surface area (Å²) in [5.74, 6) is -4.77. The minimum Gasteiger partial charge on any atom is -0.481 e. The molecule has 0 unspecified atom stereocenters. The fourth-order valence-electron chi connectivity index (χ4n) is 2.30. The number of nitrogens with zero attached hydrogens (tertiary/aromatic N) is 3. The minimum atomic E-state index is -1.13. The van der Waals surface area contributed by atoms with Crippen LogP contribution < -0.4 is 0 Å². The summed E-state index contributed by atoms with van der Waals surface area (Å²) in [6.07, 6.45) is 2.67. The summed E-state index contributed by atoms with van der Waals surface area (Å²) in [6.45, 7) is 0. The van der Waals surface area contributed by atoms with Crippen molar-refractivity contribution in [1.29, 1.82) is 0 Å². The highest BCUT2D eigenvalue weighted by atomic mass is 16.4. The topological polar surface area (TPSA) is 129 Å². The van der Waals surface area contributed by atoms with Gasteiger partial charge in [0.25, 0.3) is 0 Å². The van der Waals surface area contributed by atoms with Crippen LogP contribution in [-0.2, 0) is 9.59 Å². The van der Waals surface area contributed by atoms with E-state index in [1.54, 1.807) is 0 Å². The third kappa shape index (κ3) is 1.35. The van der Waals surface area contributed by atoms with E-state index < -0.39 is 29.7 Å². The van der Waals surface area contributed by atoms with Gasteiger partial charge in [-0.1, -0.05) is 0 Å². The maximum atomic E-state index is 11.0. The van der Waals surface area contributed by atoms with Crippen molar-refractivity contribution in [3.05, 3.63) is 18.3 Å². The minimum absolute atomic E-state index is 0.400. The van der Waals surface area contributed by atoms with E-state index in [2.05, 4.69) is 19.9 Å². The Hall–Kier alpha value is -2.51. The number of rotatable bonds is 3. The standard InChI is InChI=1S/C10H8N4O4/c15-9(16)4-3(5(4)10(17)18)6-7-8(13-1-11-6)14-2-12-7/h1-5H,(H,15,16)(H,17,18)(H,11,12,13,14)/t4-,5-/m1/s1. The van der Waals surface area contributed by atoms with Gasteiger partial charge in [-0.05, 0) is 0 Å². The second kappa shape index (κ2) is 3.49. The third-order valence-corrected chi connectivity index (χ3v) is 3.16. The Morgan fingerprint density at radius 2 is 1.78 bits per heavy atom. The molecule has 0 radical (unpaired) electrons. The number of aromatic amines is 1. The van der Waals surface area contributed by atoms with Gasteiger partial charge in [0.1, 0.15) is 11.8 Å². The maximum Gasteiger partial charge on any atom is 0.308 e. The lowest BCUT2D eigenvalue weighted by atomic mass is 10.2. The predicted molar refractivity (Wildman–Crippen MR) is 56.7 cm³/mol. The average Bonchev–Trinajstić information content (AvgIpc) is 2.90. The van der Waals surface area contributed by atoms with Crippen LogP contribution in [0.2, 0.25) is 0 Å². The van der Waals surface area contributed by atoms with Gasteiger partial charge in [0, 0.05) is 5.92 Å². The second-order valence-corrected chi connectivity index (χ2v) is 4.11. The summed E-state index contributed by atoms with van der Waals surface area (Å²) in [6, 6.07) is 0. The van der Waals surface area contributed by atoms with Gasteiger partial charge in [0.2, 0.25) is 0 Å². The van der Waals surface area contributed by atoms with Crippen molar-refractivity contribution in [3.63, 3.8) is 0 Å². The van der Waals surface area contributed by atoms with Crippen LogP contribution >= 0.6 is 0 Å². The zero-order valence-electron chi connectivity index (χ0n) is 8.94. The predicted octanol–water partition coefficient (Wildman–Crippen LogP) is -0.148. The first-order chi connectivity index (χ1) is 8.61. The van der Waals surface area contributed by atoms with Gasteiger partial charge in [-0.25, -0.2) is 15.0 Å². The van der Waals surface area contributed by atoms with Crippen molar-refractivity contribution in [2.24, 2.45) is 11.8 Å². The molecule has 0 aliphatic heterocycles. The van der Waals surface area contributed by atoms with Crippen LogP contribution in [0.15, 0.2) is 12.7 Å². The van der Waals surface area contributed by atoms with E-state index >= 15 is 0 Å². The van der Waals surface area contributed by atoms with E-state index in [1.807, 2.05) is 0 Å². The molecule has 8 heteroatoms. The Kier molecular flexibility index (Phi) is 2.06. The number of aliphatic carboxylic acids is 2. The van der Waals surface area contributed by atoms with Crippen LogP contribution in [0.4, 0.5) is 0 Å². The van der Waals surface area contributed by atoms with E-state index in [0.717, 1.165) is 0 Å². The van der Waals surface area contributed by atoms with Crippen molar-refractivity contribution in [3.8, 4) is 0 Å². The molecule has 0 amide bonds. The van der Waals surface area contributed by atoms with E-state index in [1.165, 1.54) is 12.7 Å². The number of hydrogen-bond donors (Lipinski definition) is 3. The van der Waals surface area contributed by atoms with Crippen molar-refractivity contribution in [2.75, 3.05) is 0 Å². The number of aromatic nitrogens is 4. The second-order valence-electron chi connectivity index (χ2n) is 4.11. The lowest BCUT2D eigenvalue weighted by Crippen LogP contribution is -2.05.